The van der Waals surface area contributed by atoms with Crippen molar-refractivity contribution in [2.24, 2.45) is 14.1 Å². The molecule has 2 aromatic carbocycles. The van der Waals surface area contributed by atoms with Gasteiger partial charge in [-0.05, 0) is 36.8 Å². The van der Waals surface area contributed by atoms with Crippen molar-refractivity contribution < 1.29 is 4.79 Å². The number of rotatable bonds is 3. The molecule has 0 saturated heterocycles. The van der Waals surface area contributed by atoms with E-state index in [1.807, 2.05) is 37.3 Å². The van der Waals surface area contributed by atoms with Crippen molar-refractivity contribution in [2.45, 2.75) is 6.92 Å². The number of nitrogens with one attached hydrogen (secondary N) is 1. The zero-order chi connectivity index (χ0) is 17.3. The predicted molar refractivity (Wildman–Crippen MR) is 97.0 cm³/mol. The molecule has 1 N–H and O–H groups in total. The largest absolute Gasteiger partial charge is 0.328 e. The van der Waals surface area contributed by atoms with Crippen molar-refractivity contribution in [3.8, 4) is 0 Å². The Balaban J connectivity index is 1.79. The lowest BCUT2D eigenvalue weighted by molar-refractivity contribution is -0.111. The minimum atomic E-state index is -0.212. The van der Waals surface area contributed by atoms with E-state index in [0.29, 0.717) is 5.69 Å². The van der Waals surface area contributed by atoms with Crippen molar-refractivity contribution >= 4 is 28.7 Å². The number of hydrogen-bond donors (Lipinski definition) is 1. The topological polar surface area (TPSA) is 56.0 Å². The molecule has 0 saturated carbocycles. The fourth-order valence-corrected chi connectivity index (χ4v) is 2.62. The Bertz CT molecular complexity index is 992. The van der Waals surface area contributed by atoms with Gasteiger partial charge in [0.15, 0.2) is 0 Å². The second-order valence-electron chi connectivity index (χ2n) is 5.84. The highest BCUT2D eigenvalue weighted by Crippen LogP contribution is 2.17. The SMILES string of the molecule is Cc1ccc(C=CC(=O)Nc2ccc3c(c2)n(C)c(=O)n3C)cc1. The first-order valence-electron chi connectivity index (χ1n) is 7.67. The van der Waals surface area contributed by atoms with Crippen LogP contribution in [0.2, 0.25) is 0 Å². The number of carbonyl (C=O) groups excluding carboxylic acids is 1. The average Bonchev–Trinajstić information content (AvgIpc) is 2.79. The van der Waals surface area contributed by atoms with Gasteiger partial charge in [-0.3, -0.25) is 13.9 Å². The van der Waals surface area contributed by atoms with E-state index in [1.165, 1.54) is 11.6 Å². The maximum absolute atomic E-state index is 12.1. The van der Waals surface area contributed by atoms with Gasteiger partial charge in [0.1, 0.15) is 0 Å². The third-order valence-electron chi connectivity index (χ3n) is 4.04. The van der Waals surface area contributed by atoms with E-state index in [4.69, 9.17) is 0 Å². The van der Waals surface area contributed by atoms with Crippen LogP contribution in [0.25, 0.3) is 17.1 Å². The number of benzene rings is 2. The molecule has 1 aromatic heterocycles. The number of amides is 1. The quantitative estimate of drug-likeness (QED) is 0.754. The molecular formula is C19H19N3O2. The Labute approximate surface area is 139 Å². The van der Waals surface area contributed by atoms with Crippen LogP contribution >= 0.6 is 0 Å². The molecule has 5 heteroatoms. The highest BCUT2D eigenvalue weighted by Gasteiger charge is 2.08. The molecule has 24 heavy (non-hydrogen) atoms. The normalized spacial score (nSPS) is 11.3. The minimum Gasteiger partial charge on any atom is -0.322 e. The third-order valence-corrected chi connectivity index (χ3v) is 4.04. The van der Waals surface area contributed by atoms with Gasteiger partial charge >= 0.3 is 5.69 Å². The maximum Gasteiger partial charge on any atom is 0.328 e. The fraction of sp³-hybridized carbons (Fsp3) is 0.158. The van der Waals surface area contributed by atoms with Crippen LogP contribution in [0.5, 0.6) is 0 Å². The van der Waals surface area contributed by atoms with Crippen LogP contribution in [-0.2, 0) is 18.9 Å². The molecule has 0 atom stereocenters. The molecule has 3 aromatic rings. The molecule has 0 bridgehead atoms. The molecule has 0 radical (unpaired) electrons. The molecular weight excluding hydrogens is 302 g/mol. The Morgan fingerprint density at radius 3 is 2.38 bits per heavy atom. The number of fused-ring (bicyclic) bond motifs is 1. The second-order valence-corrected chi connectivity index (χ2v) is 5.84. The monoisotopic (exact) mass is 321 g/mol. The zero-order valence-electron chi connectivity index (χ0n) is 13.9. The van der Waals surface area contributed by atoms with E-state index in [0.717, 1.165) is 16.6 Å². The van der Waals surface area contributed by atoms with Gasteiger partial charge < -0.3 is 5.32 Å². The van der Waals surface area contributed by atoms with Crippen molar-refractivity contribution in [1.29, 1.82) is 0 Å². The molecule has 0 aliphatic heterocycles. The first-order valence-corrected chi connectivity index (χ1v) is 7.67. The average molecular weight is 321 g/mol. The minimum absolute atomic E-state index is 0.0901. The Kier molecular flexibility index (Phi) is 4.08. The number of hydrogen-bond acceptors (Lipinski definition) is 2. The first kappa shape index (κ1) is 15.8. The molecule has 5 nitrogen and oxygen atoms in total. The highest BCUT2D eigenvalue weighted by atomic mass is 16.2. The molecule has 1 amide bonds. The molecule has 0 aliphatic rings. The van der Waals surface area contributed by atoms with E-state index in [9.17, 15) is 9.59 Å². The van der Waals surface area contributed by atoms with Gasteiger partial charge in [-0.2, -0.15) is 0 Å². The lowest BCUT2D eigenvalue weighted by Gasteiger charge is -2.03. The second kappa shape index (κ2) is 6.20. The van der Waals surface area contributed by atoms with Crippen LogP contribution in [0.15, 0.2) is 53.3 Å². The van der Waals surface area contributed by atoms with Crippen LogP contribution in [0.1, 0.15) is 11.1 Å². The molecule has 3 rings (SSSR count). The van der Waals surface area contributed by atoms with Gasteiger partial charge in [0.2, 0.25) is 5.91 Å². The Morgan fingerprint density at radius 2 is 1.67 bits per heavy atom. The molecule has 0 aliphatic carbocycles. The van der Waals surface area contributed by atoms with Crippen molar-refractivity contribution in [2.75, 3.05) is 5.32 Å². The summed E-state index contributed by atoms with van der Waals surface area (Å²) in [4.78, 5) is 24.0. The van der Waals surface area contributed by atoms with E-state index < -0.39 is 0 Å². The molecule has 1 heterocycles. The summed E-state index contributed by atoms with van der Waals surface area (Å²) in [5.74, 6) is -0.212. The van der Waals surface area contributed by atoms with Crippen molar-refractivity contribution in [1.82, 2.24) is 9.13 Å². The van der Waals surface area contributed by atoms with Crippen LogP contribution < -0.4 is 11.0 Å². The summed E-state index contributed by atoms with van der Waals surface area (Å²) >= 11 is 0. The highest BCUT2D eigenvalue weighted by molar-refractivity contribution is 6.02. The number of nitrogens with zero attached hydrogens (tertiary/aromatic N) is 2. The number of carbonyl (C=O) groups is 1. The van der Waals surface area contributed by atoms with Gasteiger partial charge in [-0.1, -0.05) is 29.8 Å². The number of aryl methyl sites for hydroxylation is 3. The van der Waals surface area contributed by atoms with Crippen LogP contribution in [0, 0.1) is 6.92 Å². The lowest BCUT2D eigenvalue weighted by atomic mass is 10.1. The van der Waals surface area contributed by atoms with Crippen LogP contribution in [0.3, 0.4) is 0 Å². The van der Waals surface area contributed by atoms with E-state index in [1.54, 1.807) is 41.4 Å². The van der Waals surface area contributed by atoms with Gasteiger partial charge in [-0.25, -0.2) is 4.79 Å². The summed E-state index contributed by atoms with van der Waals surface area (Å²) in [6, 6.07) is 13.3. The predicted octanol–water partition coefficient (Wildman–Crippen LogP) is 2.84. The van der Waals surface area contributed by atoms with Gasteiger partial charge in [0.05, 0.1) is 11.0 Å². The summed E-state index contributed by atoms with van der Waals surface area (Å²) in [6.45, 7) is 2.02. The summed E-state index contributed by atoms with van der Waals surface area (Å²) in [5.41, 5.74) is 4.32. The van der Waals surface area contributed by atoms with Gasteiger partial charge in [0, 0.05) is 25.9 Å². The van der Waals surface area contributed by atoms with Crippen LogP contribution in [0.4, 0.5) is 5.69 Å². The van der Waals surface area contributed by atoms with Crippen LogP contribution in [-0.4, -0.2) is 15.0 Å². The maximum atomic E-state index is 12.1. The number of anilines is 1. The van der Waals surface area contributed by atoms with E-state index in [2.05, 4.69) is 5.32 Å². The number of imidazole rings is 1. The Morgan fingerprint density at radius 1 is 1.00 bits per heavy atom. The van der Waals surface area contributed by atoms with E-state index >= 15 is 0 Å². The smallest absolute Gasteiger partial charge is 0.322 e. The summed E-state index contributed by atoms with van der Waals surface area (Å²) in [6.07, 6.45) is 3.27. The summed E-state index contributed by atoms with van der Waals surface area (Å²) < 4.78 is 3.14. The number of aromatic nitrogens is 2. The summed E-state index contributed by atoms with van der Waals surface area (Å²) in [7, 11) is 3.45. The summed E-state index contributed by atoms with van der Waals surface area (Å²) in [5, 5.41) is 2.82. The molecule has 122 valence electrons. The zero-order valence-corrected chi connectivity index (χ0v) is 13.9. The van der Waals surface area contributed by atoms with Gasteiger partial charge in [-0.15, -0.1) is 0 Å². The fourth-order valence-electron chi connectivity index (χ4n) is 2.62. The standard InChI is InChI=1S/C19H19N3O2/c1-13-4-6-14(7-5-13)8-11-18(23)20-15-9-10-16-17(12-15)22(3)19(24)21(16)2/h4-12H,1-3H3,(H,20,23). The lowest BCUT2D eigenvalue weighted by Crippen LogP contribution is -2.19. The van der Waals surface area contributed by atoms with Crippen molar-refractivity contribution in [3.05, 3.63) is 70.2 Å². The van der Waals surface area contributed by atoms with Crippen molar-refractivity contribution in [3.63, 3.8) is 0 Å². The van der Waals surface area contributed by atoms with Gasteiger partial charge in [0.25, 0.3) is 0 Å². The third kappa shape index (κ3) is 3.01. The first-order chi connectivity index (χ1) is 11.5. The van der Waals surface area contributed by atoms with E-state index in [-0.39, 0.29) is 11.6 Å². The molecule has 0 fully saturated rings. The Hall–Kier alpha value is -3.08. The molecule has 0 spiro atoms. The molecule has 0 unspecified atom stereocenters.